The van der Waals surface area contributed by atoms with Gasteiger partial charge in [-0.15, -0.1) is 0 Å². The van der Waals surface area contributed by atoms with Gasteiger partial charge in [0, 0.05) is 5.92 Å². The van der Waals surface area contributed by atoms with Gasteiger partial charge in [-0.1, -0.05) is 48.5 Å². The highest BCUT2D eigenvalue weighted by molar-refractivity contribution is 5.68. The van der Waals surface area contributed by atoms with E-state index in [1.54, 1.807) is 6.08 Å². The van der Waals surface area contributed by atoms with Gasteiger partial charge in [0.25, 0.3) is 0 Å². The molecule has 21 heavy (non-hydrogen) atoms. The fourth-order valence-electron chi connectivity index (χ4n) is 1.92. The molecule has 118 valence electrons. The molecular formula is C18H28O3. The van der Waals surface area contributed by atoms with E-state index < -0.39 is 12.1 Å². The number of aliphatic hydroxyl groups is 1. The van der Waals surface area contributed by atoms with Crippen molar-refractivity contribution in [3.8, 4) is 0 Å². The van der Waals surface area contributed by atoms with Crippen LogP contribution < -0.4 is 0 Å². The van der Waals surface area contributed by atoms with E-state index in [0.29, 0.717) is 0 Å². The molecule has 0 saturated heterocycles. The highest BCUT2D eigenvalue weighted by Gasteiger charge is 2.12. The normalized spacial score (nSPS) is 17.1. The predicted octanol–water partition coefficient (Wildman–Crippen LogP) is 4.26. The summed E-state index contributed by atoms with van der Waals surface area (Å²) in [6.45, 7) is 9.77. The molecule has 0 bridgehead atoms. The lowest BCUT2D eigenvalue weighted by molar-refractivity contribution is -0.136. The minimum absolute atomic E-state index is 0.0644. The number of aliphatic carboxylic acids is 1. The second-order valence-corrected chi connectivity index (χ2v) is 5.50. The number of hydrogen-bond donors (Lipinski definition) is 2. The Bertz CT molecular complexity index is 453. The molecule has 0 aliphatic carbocycles. The van der Waals surface area contributed by atoms with Gasteiger partial charge < -0.3 is 10.2 Å². The zero-order chi connectivity index (χ0) is 16.4. The molecule has 0 radical (unpaired) electrons. The average Bonchev–Trinajstić information content (AvgIpc) is 2.43. The van der Waals surface area contributed by atoms with Crippen molar-refractivity contribution in [3.05, 3.63) is 47.1 Å². The van der Waals surface area contributed by atoms with Crippen LogP contribution in [0.1, 0.15) is 47.5 Å². The summed E-state index contributed by atoms with van der Waals surface area (Å²) in [4.78, 5) is 10.5. The van der Waals surface area contributed by atoms with E-state index >= 15 is 0 Å². The van der Waals surface area contributed by atoms with Crippen molar-refractivity contribution in [1.29, 1.82) is 0 Å². The van der Waals surface area contributed by atoms with E-state index in [0.717, 1.165) is 23.1 Å². The molecule has 0 amide bonds. The molecule has 0 aromatic rings. The van der Waals surface area contributed by atoms with Crippen LogP contribution in [-0.2, 0) is 4.79 Å². The molecule has 2 unspecified atom stereocenters. The van der Waals surface area contributed by atoms with Gasteiger partial charge >= 0.3 is 5.97 Å². The summed E-state index contributed by atoms with van der Waals surface area (Å²) in [6.07, 6.45) is 10.1. The van der Waals surface area contributed by atoms with Crippen LogP contribution in [0.3, 0.4) is 0 Å². The summed E-state index contributed by atoms with van der Waals surface area (Å²) in [5.74, 6) is -0.744. The van der Waals surface area contributed by atoms with Crippen molar-refractivity contribution in [2.45, 2.75) is 53.6 Å². The maximum atomic E-state index is 10.5. The van der Waals surface area contributed by atoms with Crippen molar-refractivity contribution >= 4 is 5.97 Å². The topological polar surface area (TPSA) is 57.5 Å². The number of allylic oxidation sites excluding steroid dienone is 5. The van der Waals surface area contributed by atoms with Crippen molar-refractivity contribution in [3.63, 3.8) is 0 Å². The van der Waals surface area contributed by atoms with E-state index in [9.17, 15) is 9.90 Å². The summed E-state index contributed by atoms with van der Waals surface area (Å²) in [6, 6.07) is 0. The van der Waals surface area contributed by atoms with Crippen molar-refractivity contribution in [2.24, 2.45) is 5.92 Å². The lowest BCUT2D eigenvalue weighted by atomic mass is 9.96. The Morgan fingerprint density at radius 1 is 1.19 bits per heavy atom. The summed E-state index contributed by atoms with van der Waals surface area (Å²) in [7, 11) is 0. The fraction of sp³-hybridized carbons (Fsp3) is 0.500. The van der Waals surface area contributed by atoms with E-state index in [2.05, 4.69) is 0 Å². The Hall–Kier alpha value is -1.61. The van der Waals surface area contributed by atoms with Gasteiger partial charge in [-0.3, -0.25) is 4.79 Å². The minimum atomic E-state index is -0.809. The first-order chi connectivity index (χ1) is 9.77. The van der Waals surface area contributed by atoms with Crippen LogP contribution in [-0.4, -0.2) is 22.3 Å². The standard InChI is InChI=1S/C18H28O3/c1-6-15(4)18(21)16(5)12-14(3)9-7-8-13(2)10-11-17(19)20/h6-7,9-10,12,16,18,21H,8,11H2,1-5H3,(H,19,20)/b9-7+,13-10+,14-12+,15-6+. The Labute approximate surface area is 128 Å². The van der Waals surface area contributed by atoms with E-state index in [4.69, 9.17) is 5.11 Å². The van der Waals surface area contributed by atoms with Gasteiger partial charge in [-0.2, -0.15) is 0 Å². The molecule has 2 N–H and O–H groups in total. The summed E-state index contributed by atoms with van der Waals surface area (Å²) in [5, 5.41) is 18.7. The fourth-order valence-corrected chi connectivity index (χ4v) is 1.92. The van der Waals surface area contributed by atoms with Gasteiger partial charge in [0.1, 0.15) is 0 Å². The molecule has 3 nitrogen and oxygen atoms in total. The Kier molecular flexibility index (Phi) is 9.39. The Balaban J connectivity index is 4.50. The molecule has 2 atom stereocenters. The van der Waals surface area contributed by atoms with Crippen LogP contribution in [0.15, 0.2) is 47.1 Å². The number of hydrogen-bond acceptors (Lipinski definition) is 2. The highest BCUT2D eigenvalue weighted by atomic mass is 16.4. The number of rotatable bonds is 8. The smallest absolute Gasteiger partial charge is 0.307 e. The third-order valence-corrected chi connectivity index (χ3v) is 3.39. The third kappa shape index (κ3) is 9.03. The predicted molar refractivity (Wildman–Crippen MR) is 88.1 cm³/mol. The van der Waals surface area contributed by atoms with E-state index in [-0.39, 0.29) is 12.3 Å². The quantitative estimate of drug-likeness (QED) is 0.519. The van der Waals surface area contributed by atoms with Crippen LogP contribution in [0, 0.1) is 5.92 Å². The monoisotopic (exact) mass is 292 g/mol. The molecule has 0 aromatic heterocycles. The molecule has 0 aliphatic heterocycles. The minimum Gasteiger partial charge on any atom is -0.481 e. The third-order valence-electron chi connectivity index (χ3n) is 3.39. The molecule has 0 fully saturated rings. The van der Waals surface area contributed by atoms with Crippen LogP contribution >= 0.6 is 0 Å². The van der Waals surface area contributed by atoms with Crippen molar-refractivity contribution < 1.29 is 15.0 Å². The van der Waals surface area contributed by atoms with E-state index in [1.165, 1.54) is 0 Å². The largest absolute Gasteiger partial charge is 0.481 e. The molecule has 3 heteroatoms. The Morgan fingerprint density at radius 3 is 2.33 bits per heavy atom. The van der Waals surface area contributed by atoms with Gasteiger partial charge in [0.2, 0.25) is 0 Å². The molecule has 0 rings (SSSR count). The molecule has 0 spiro atoms. The molecule has 0 aromatic carbocycles. The first-order valence-electron chi connectivity index (χ1n) is 7.31. The molecule has 0 saturated carbocycles. The van der Waals surface area contributed by atoms with Crippen LogP contribution in [0.2, 0.25) is 0 Å². The summed E-state index contributed by atoms with van der Waals surface area (Å²) < 4.78 is 0. The van der Waals surface area contributed by atoms with Crippen molar-refractivity contribution in [2.75, 3.05) is 0 Å². The van der Waals surface area contributed by atoms with E-state index in [1.807, 2.05) is 58.9 Å². The summed E-state index contributed by atoms with van der Waals surface area (Å²) in [5.41, 5.74) is 3.11. The SMILES string of the molecule is C/C=C(\C)C(O)C(C)/C=C(C)/C=C/C/C(C)=C/CC(=O)O. The summed E-state index contributed by atoms with van der Waals surface area (Å²) >= 11 is 0. The lowest BCUT2D eigenvalue weighted by Crippen LogP contribution is -2.17. The number of carbonyl (C=O) groups is 1. The highest BCUT2D eigenvalue weighted by Crippen LogP contribution is 2.16. The average molecular weight is 292 g/mol. The maximum absolute atomic E-state index is 10.5. The first kappa shape index (κ1) is 19.4. The van der Waals surface area contributed by atoms with Gasteiger partial charge in [-0.25, -0.2) is 0 Å². The van der Waals surface area contributed by atoms with Gasteiger partial charge in [-0.05, 0) is 39.7 Å². The molecule has 0 heterocycles. The first-order valence-corrected chi connectivity index (χ1v) is 7.31. The van der Waals surface area contributed by atoms with Gasteiger partial charge in [0.15, 0.2) is 0 Å². The maximum Gasteiger partial charge on any atom is 0.307 e. The van der Waals surface area contributed by atoms with Crippen LogP contribution in [0.25, 0.3) is 0 Å². The van der Waals surface area contributed by atoms with Crippen LogP contribution in [0.4, 0.5) is 0 Å². The molecule has 0 aliphatic rings. The van der Waals surface area contributed by atoms with Gasteiger partial charge in [0.05, 0.1) is 12.5 Å². The number of carboxylic acids is 1. The lowest BCUT2D eigenvalue weighted by Gasteiger charge is -2.16. The van der Waals surface area contributed by atoms with Crippen LogP contribution in [0.5, 0.6) is 0 Å². The van der Waals surface area contributed by atoms with Crippen molar-refractivity contribution in [1.82, 2.24) is 0 Å². The second kappa shape index (κ2) is 10.2. The Morgan fingerprint density at radius 2 is 1.81 bits per heavy atom. The molecular weight excluding hydrogens is 264 g/mol. The zero-order valence-corrected chi connectivity index (χ0v) is 13.8. The number of carboxylic acid groups (broad SMARTS) is 1. The zero-order valence-electron chi connectivity index (χ0n) is 13.8. The number of aliphatic hydroxyl groups excluding tert-OH is 1. The second-order valence-electron chi connectivity index (χ2n) is 5.50.